The average molecular weight is 302 g/mol. The number of hydrogen-bond acceptors (Lipinski definition) is 5. The number of carbonyl (C=O) groups is 1. The van der Waals surface area contributed by atoms with Gasteiger partial charge in [-0.15, -0.1) is 11.8 Å². The summed E-state index contributed by atoms with van der Waals surface area (Å²) in [5.41, 5.74) is 0.833. The Kier molecular flexibility index (Phi) is 6.37. The third kappa shape index (κ3) is 6.11. The lowest BCUT2D eigenvalue weighted by molar-refractivity contribution is -0.142. The fourth-order valence-electron chi connectivity index (χ4n) is 1.46. The van der Waals surface area contributed by atoms with Crippen molar-refractivity contribution < 1.29 is 17.9 Å². The minimum absolute atomic E-state index is 0.0560. The summed E-state index contributed by atoms with van der Waals surface area (Å²) >= 11 is 1.30. The molecule has 0 aliphatic carbocycles. The summed E-state index contributed by atoms with van der Waals surface area (Å²) in [4.78, 5) is 11.9. The second kappa shape index (κ2) is 7.55. The van der Waals surface area contributed by atoms with Crippen molar-refractivity contribution in [3.8, 4) is 0 Å². The van der Waals surface area contributed by atoms with E-state index in [9.17, 15) is 13.2 Å². The molecule has 0 N–H and O–H groups in total. The first-order valence-corrected chi connectivity index (χ1v) is 9.06. The maximum Gasteiger partial charge on any atom is 0.323 e. The summed E-state index contributed by atoms with van der Waals surface area (Å²) < 4.78 is 27.3. The van der Waals surface area contributed by atoms with Crippen molar-refractivity contribution in [3.05, 3.63) is 35.9 Å². The van der Waals surface area contributed by atoms with Crippen molar-refractivity contribution in [1.29, 1.82) is 0 Å². The molecule has 1 rings (SSSR count). The molecule has 1 aromatic carbocycles. The maximum absolute atomic E-state index is 11.9. The van der Waals surface area contributed by atoms with Gasteiger partial charge in [-0.2, -0.15) is 0 Å². The standard InChI is InChI=1S/C13H18O4S2/c1-3-17-13(14)12(11-7-5-4-6-8-11)18-9-10-19(2,15)16/h4-8,12H,3,9-10H2,1-2H3. The topological polar surface area (TPSA) is 60.4 Å². The SMILES string of the molecule is CCOC(=O)C(SCCS(C)(=O)=O)c1ccccc1. The Morgan fingerprint density at radius 2 is 1.95 bits per heavy atom. The van der Waals surface area contributed by atoms with Crippen molar-refractivity contribution in [1.82, 2.24) is 0 Å². The quantitative estimate of drug-likeness (QED) is 0.722. The highest BCUT2D eigenvalue weighted by molar-refractivity contribution is 8.01. The summed E-state index contributed by atoms with van der Waals surface area (Å²) in [6.07, 6.45) is 1.19. The van der Waals surface area contributed by atoms with E-state index in [-0.39, 0.29) is 11.7 Å². The number of thioether (sulfide) groups is 1. The Bertz CT molecular complexity index is 497. The van der Waals surface area contributed by atoms with E-state index in [2.05, 4.69) is 0 Å². The predicted molar refractivity (Wildman–Crippen MR) is 78.0 cm³/mol. The van der Waals surface area contributed by atoms with Gasteiger partial charge in [-0.1, -0.05) is 30.3 Å². The van der Waals surface area contributed by atoms with E-state index in [1.807, 2.05) is 30.3 Å². The molecule has 1 atom stereocenters. The van der Waals surface area contributed by atoms with Crippen LogP contribution in [0.5, 0.6) is 0 Å². The van der Waals surface area contributed by atoms with Crippen LogP contribution >= 0.6 is 11.8 Å². The van der Waals surface area contributed by atoms with Gasteiger partial charge < -0.3 is 4.74 Å². The zero-order chi connectivity index (χ0) is 14.3. The number of carbonyl (C=O) groups excluding carboxylic acids is 1. The minimum Gasteiger partial charge on any atom is -0.465 e. The number of ether oxygens (including phenoxy) is 1. The van der Waals surface area contributed by atoms with E-state index in [0.717, 1.165) is 5.56 Å². The average Bonchev–Trinajstić information content (AvgIpc) is 2.34. The van der Waals surface area contributed by atoms with Gasteiger partial charge in [0.25, 0.3) is 0 Å². The van der Waals surface area contributed by atoms with Crippen LogP contribution in [0.1, 0.15) is 17.7 Å². The Morgan fingerprint density at radius 1 is 1.32 bits per heavy atom. The van der Waals surface area contributed by atoms with Crippen LogP contribution in [0.2, 0.25) is 0 Å². The minimum atomic E-state index is -3.01. The molecule has 1 unspecified atom stereocenters. The van der Waals surface area contributed by atoms with Crippen LogP contribution in [0.4, 0.5) is 0 Å². The lowest BCUT2D eigenvalue weighted by Crippen LogP contribution is -2.15. The maximum atomic E-state index is 11.9. The highest BCUT2D eigenvalue weighted by Crippen LogP contribution is 2.30. The summed E-state index contributed by atoms with van der Waals surface area (Å²) in [5, 5.41) is -0.470. The van der Waals surface area contributed by atoms with Crippen LogP contribution < -0.4 is 0 Å². The molecule has 0 fully saturated rings. The molecule has 0 radical (unpaired) electrons. The van der Waals surface area contributed by atoms with Gasteiger partial charge in [-0.25, -0.2) is 8.42 Å². The van der Waals surface area contributed by atoms with Gasteiger partial charge in [0.05, 0.1) is 12.4 Å². The largest absolute Gasteiger partial charge is 0.465 e. The number of sulfone groups is 1. The van der Waals surface area contributed by atoms with Gasteiger partial charge in [0, 0.05) is 12.0 Å². The molecule has 0 aromatic heterocycles. The molecular weight excluding hydrogens is 284 g/mol. The molecule has 0 saturated heterocycles. The molecular formula is C13H18O4S2. The van der Waals surface area contributed by atoms with E-state index in [0.29, 0.717) is 12.4 Å². The van der Waals surface area contributed by atoms with Crippen LogP contribution in [-0.4, -0.2) is 38.8 Å². The van der Waals surface area contributed by atoms with Crippen molar-refractivity contribution in [3.63, 3.8) is 0 Å². The van der Waals surface area contributed by atoms with Crippen molar-refractivity contribution in [2.24, 2.45) is 0 Å². The molecule has 6 heteroatoms. The predicted octanol–water partition coefficient (Wildman–Crippen LogP) is 2.07. The highest BCUT2D eigenvalue weighted by Gasteiger charge is 2.22. The molecule has 0 heterocycles. The van der Waals surface area contributed by atoms with Crippen LogP contribution in [0, 0.1) is 0 Å². The Balaban J connectivity index is 2.73. The summed E-state index contributed by atoms with van der Waals surface area (Å²) in [6.45, 7) is 2.07. The second-order valence-corrected chi connectivity index (χ2v) is 7.52. The third-order valence-corrected chi connectivity index (χ3v) is 4.78. The first kappa shape index (κ1) is 16.0. The van der Waals surface area contributed by atoms with Crippen LogP contribution in [0.25, 0.3) is 0 Å². The Labute approximate surface area is 118 Å². The number of esters is 1. The fourth-order valence-corrected chi connectivity index (χ4v) is 3.85. The van der Waals surface area contributed by atoms with E-state index >= 15 is 0 Å². The van der Waals surface area contributed by atoms with Gasteiger partial charge in [0.15, 0.2) is 0 Å². The van der Waals surface area contributed by atoms with E-state index in [1.54, 1.807) is 6.92 Å². The molecule has 0 aliphatic rings. The summed E-state index contributed by atoms with van der Waals surface area (Å²) in [6, 6.07) is 9.24. The molecule has 1 aromatic rings. The smallest absolute Gasteiger partial charge is 0.323 e. The van der Waals surface area contributed by atoms with Crippen LogP contribution in [-0.2, 0) is 19.4 Å². The molecule has 0 amide bonds. The molecule has 106 valence electrons. The van der Waals surface area contributed by atoms with Gasteiger partial charge in [-0.05, 0) is 12.5 Å². The Hall–Kier alpha value is -1.01. The number of hydrogen-bond donors (Lipinski definition) is 0. The molecule has 0 saturated carbocycles. The van der Waals surface area contributed by atoms with Crippen molar-refractivity contribution in [2.75, 3.05) is 24.4 Å². The van der Waals surface area contributed by atoms with Gasteiger partial charge in [0.2, 0.25) is 0 Å². The normalized spacial score (nSPS) is 12.9. The number of rotatable bonds is 7. The fraction of sp³-hybridized carbons (Fsp3) is 0.462. The second-order valence-electron chi connectivity index (χ2n) is 4.04. The van der Waals surface area contributed by atoms with Gasteiger partial charge in [0.1, 0.15) is 15.1 Å². The molecule has 19 heavy (non-hydrogen) atoms. The third-order valence-electron chi connectivity index (χ3n) is 2.34. The van der Waals surface area contributed by atoms with E-state index in [1.165, 1.54) is 18.0 Å². The van der Waals surface area contributed by atoms with Crippen molar-refractivity contribution >= 4 is 27.6 Å². The highest BCUT2D eigenvalue weighted by atomic mass is 32.2. The zero-order valence-electron chi connectivity index (χ0n) is 11.0. The summed E-state index contributed by atoms with van der Waals surface area (Å²) in [5.74, 6) is 0.102. The van der Waals surface area contributed by atoms with Gasteiger partial charge >= 0.3 is 5.97 Å². The summed E-state index contributed by atoms with van der Waals surface area (Å²) in [7, 11) is -3.01. The van der Waals surface area contributed by atoms with Crippen LogP contribution in [0.15, 0.2) is 30.3 Å². The molecule has 0 bridgehead atoms. The van der Waals surface area contributed by atoms with E-state index < -0.39 is 15.1 Å². The first-order chi connectivity index (χ1) is 8.94. The van der Waals surface area contributed by atoms with E-state index in [4.69, 9.17) is 4.74 Å². The zero-order valence-corrected chi connectivity index (χ0v) is 12.7. The van der Waals surface area contributed by atoms with Crippen molar-refractivity contribution in [2.45, 2.75) is 12.2 Å². The first-order valence-electron chi connectivity index (χ1n) is 5.95. The van der Waals surface area contributed by atoms with Gasteiger partial charge in [-0.3, -0.25) is 4.79 Å². The lowest BCUT2D eigenvalue weighted by atomic mass is 10.1. The lowest BCUT2D eigenvalue weighted by Gasteiger charge is -2.15. The number of benzene rings is 1. The molecule has 4 nitrogen and oxygen atoms in total. The molecule has 0 aliphatic heterocycles. The molecule has 0 spiro atoms. The Morgan fingerprint density at radius 3 is 2.47 bits per heavy atom. The monoisotopic (exact) mass is 302 g/mol. The van der Waals surface area contributed by atoms with Crippen LogP contribution in [0.3, 0.4) is 0 Å².